The van der Waals surface area contributed by atoms with Crippen LogP contribution in [0, 0.1) is 0 Å². The molecule has 84 valence electrons. The van der Waals surface area contributed by atoms with Gasteiger partial charge in [0.15, 0.2) is 0 Å². The molecule has 0 heterocycles. The lowest BCUT2D eigenvalue weighted by Crippen LogP contribution is -2.48. The summed E-state index contributed by atoms with van der Waals surface area (Å²) in [4.78, 5) is 11.0. The van der Waals surface area contributed by atoms with E-state index in [1.165, 1.54) is 6.08 Å². The fourth-order valence-corrected chi connectivity index (χ4v) is 1.20. The molecule has 0 bridgehead atoms. The van der Waals surface area contributed by atoms with Crippen LogP contribution in [0.2, 0.25) is 0 Å². The first-order valence-corrected chi connectivity index (χ1v) is 4.62. The SMILES string of the molecule is C=CC(=O)NC(CC)C[N+](C)(C)C.[OH-]. The predicted molar refractivity (Wildman–Crippen MR) is 57.3 cm³/mol. The molecule has 1 atom stereocenters. The summed E-state index contributed by atoms with van der Waals surface area (Å²) in [7, 11) is 6.34. The van der Waals surface area contributed by atoms with Gasteiger partial charge in [0.25, 0.3) is 0 Å². The third-order valence-corrected chi connectivity index (χ3v) is 1.79. The van der Waals surface area contributed by atoms with Crippen molar-refractivity contribution in [1.29, 1.82) is 0 Å². The molecule has 1 amide bonds. The Morgan fingerprint density at radius 3 is 2.29 bits per heavy atom. The summed E-state index contributed by atoms with van der Waals surface area (Å²) < 4.78 is 0.857. The second-order valence-electron chi connectivity index (χ2n) is 4.29. The quantitative estimate of drug-likeness (QED) is 0.524. The summed E-state index contributed by atoms with van der Waals surface area (Å²) in [5.41, 5.74) is 0. The zero-order valence-corrected chi connectivity index (χ0v) is 9.58. The largest absolute Gasteiger partial charge is 0.870 e. The maximum Gasteiger partial charge on any atom is 0.243 e. The Labute approximate surface area is 86.5 Å². The van der Waals surface area contributed by atoms with Crippen LogP contribution >= 0.6 is 0 Å². The topological polar surface area (TPSA) is 59.1 Å². The molecule has 0 rings (SSSR count). The van der Waals surface area contributed by atoms with Crippen LogP contribution in [0.15, 0.2) is 12.7 Å². The number of amides is 1. The minimum absolute atomic E-state index is 0. The van der Waals surface area contributed by atoms with Crippen LogP contribution < -0.4 is 5.32 Å². The average molecular weight is 202 g/mol. The average Bonchev–Trinajstić information content (AvgIpc) is 2.00. The van der Waals surface area contributed by atoms with E-state index in [9.17, 15) is 4.79 Å². The van der Waals surface area contributed by atoms with Crippen LogP contribution in [0.4, 0.5) is 0 Å². The van der Waals surface area contributed by atoms with E-state index in [4.69, 9.17) is 0 Å². The van der Waals surface area contributed by atoms with Crippen LogP contribution in [0.3, 0.4) is 0 Å². The monoisotopic (exact) mass is 202 g/mol. The zero-order valence-electron chi connectivity index (χ0n) is 9.58. The van der Waals surface area contributed by atoms with Crippen LogP contribution in [0.1, 0.15) is 13.3 Å². The van der Waals surface area contributed by atoms with E-state index < -0.39 is 0 Å². The fraction of sp³-hybridized carbons (Fsp3) is 0.700. The minimum Gasteiger partial charge on any atom is -0.870 e. The lowest BCUT2D eigenvalue weighted by molar-refractivity contribution is -0.871. The third kappa shape index (κ3) is 7.76. The molecule has 4 heteroatoms. The number of hydrogen-bond donors (Lipinski definition) is 1. The van der Waals surface area contributed by atoms with Gasteiger partial charge in [-0.2, -0.15) is 0 Å². The highest BCUT2D eigenvalue weighted by Crippen LogP contribution is 1.98. The van der Waals surface area contributed by atoms with Crippen molar-refractivity contribution in [3.63, 3.8) is 0 Å². The van der Waals surface area contributed by atoms with Gasteiger partial charge in [0, 0.05) is 0 Å². The fourth-order valence-electron chi connectivity index (χ4n) is 1.20. The van der Waals surface area contributed by atoms with Gasteiger partial charge >= 0.3 is 0 Å². The maximum absolute atomic E-state index is 11.0. The Hall–Kier alpha value is -0.870. The number of likely N-dealkylation sites (N-methyl/N-ethyl adjacent to an activating group) is 1. The number of nitrogens with zero attached hydrogens (tertiary/aromatic N) is 1. The lowest BCUT2D eigenvalue weighted by Gasteiger charge is -2.28. The summed E-state index contributed by atoms with van der Waals surface area (Å²) >= 11 is 0. The molecule has 0 aromatic carbocycles. The van der Waals surface area contributed by atoms with Gasteiger partial charge in [0.05, 0.1) is 33.7 Å². The predicted octanol–water partition coefficient (Wildman–Crippen LogP) is 0.597. The van der Waals surface area contributed by atoms with Gasteiger partial charge in [0.2, 0.25) is 5.91 Å². The molecule has 0 saturated carbocycles. The normalized spacial score (nSPS) is 12.6. The van der Waals surface area contributed by atoms with Crippen molar-refractivity contribution >= 4 is 5.91 Å². The molecule has 0 aliphatic carbocycles. The summed E-state index contributed by atoms with van der Waals surface area (Å²) in [6.07, 6.45) is 2.27. The Morgan fingerprint density at radius 1 is 1.50 bits per heavy atom. The lowest BCUT2D eigenvalue weighted by atomic mass is 10.2. The number of carbonyl (C=O) groups is 1. The van der Waals surface area contributed by atoms with Crippen molar-refractivity contribution in [2.75, 3.05) is 27.7 Å². The van der Waals surface area contributed by atoms with Crippen molar-refractivity contribution in [2.24, 2.45) is 0 Å². The molecule has 4 nitrogen and oxygen atoms in total. The highest BCUT2D eigenvalue weighted by molar-refractivity contribution is 5.87. The van der Waals surface area contributed by atoms with Crippen LogP contribution in [-0.2, 0) is 4.79 Å². The second-order valence-corrected chi connectivity index (χ2v) is 4.29. The van der Waals surface area contributed by atoms with Crippen molar-refractivity contribution in [3.05, 3.63) is 12.7 Å². The van der Waals surface area contributed by atoms with E-state index in [1.807, 2.05) is 0 Å². The van der Waals surface area contributed by atoms with Crippen molar-refractivity contribution in [3.8, 4) is 0 Å². The van der Waals surface area contributed by atoms with Gasteiger partial charge in [-0.05, 0) is 12.5 Å². The first-order chi connectivity index (χ1) is 5.89. The molecular weight excluding hydrogens is 180 g/mol. The zero-order chi connectivity index (χ0) is 10.5. The van der Waals surface area contributed by atoms with Crippen molar-refractivity contribution in [1.82, 2.24) is 5.32 Å². The van der Waals surface area contributed by atoms with Crippen LogP contribution in [0.5, 0.6) is 0 Å². The number of rotatable bonds is 5. The highest BCUT2D eigenvalue weighted by atomic mass is 16.1. The standard InChI is InChI=1S/C10H20N2O.H2O/c1-6-9(8-12(3,4)5)11-10(13)7-2;/h7,9H,2,6,8H2,1,3-5H3;1H2. The Morgan fingerprint density at radius 2 is 2.00 bits per heavy atom. The molecule has 0 spiro atoms. The molecular formula is C10H22N2O2. The van der Waals surface area contributed by atoms with E-state index in [0.29, 0.717) is 0 Å². The van der Waals surface area contributed by atoms with E-state index in [0.717, 1.165) is 17.4 Å². The number of hydrogen-bond acceptors (Lipinski definition) is 2. The molecule has 0 fully saturated rings. The Kier molecular flexibility index (Phi) is 7.31. The minimum atomic E-state index is -0.0831. The summed E-state index contributed by atoms with van der Waals surface area (Å²) in [6, 6.07) is 0.241. The van der Waals surface area contributed by atoms with Gasteiger partial charge in [0.1, 0.15) is 0 Å². The molecule has 0 aromatic rings. The third-order valence-electron chi connectivity index (χ3n) is 1.79. The Balaban J connectivity index is 0. The molecule has 0 aliphatic rings. The molecule has 0 radical (unpaired) electrons. The van der Waals surface area contributed by atoms with Crippen LogP contribution in [-0.4, -0.2) is 49.6 Å². The summed E-state index contributed by atoms with van der Waals surface area (Å²) in [5.74, 6) is -0.0831. The molecule has 14 heavy (non-hydrogen) atoms. The van der Waals surface area contributed by atoms with Gasteiger partial charge in [-0.1, -0.05) is 13.5 Å². The van der Waals surface area contributed by atoms with E-state index in [-0.39, 0.29) is 17.4 Å². The van der Waals surface area contributed by atoms with E-state index in [1.54, 1.807) is 0 Å². The molecule has 0 aromatic heterocycles. The maximum atomic E-state index is 11.0. The summed E-state index contributed by atoms with van der Waals surface area (Å²) in [6.45, 7) is 6.44. The van der Waals surface area contributed by atoms with Crippen molar-refractivity contribution in [2.45, 2.75) is 19.4 Å². The number of nitrogens with one attached hydrogen (secondary N) is 1. The molecule has 1 unspecified atom stereocenters. The smallest absolute Gasteiger partial charge is 0.243 e. The number of carbonyl (C=O) groups excluding carboxylic acids is 1. The van der Waals surface area contributed by atoms with Gasteiger partial charge in [-0.3, -0.25) is 4.79 Å². The summed E-state index contributed by atoms with van der Waals surface area (Å²) in [5, 5.41) is 2.90. The second kappa shape index (κ2) is 6.56. The van der Waals surface area contributed by atoms with Gasteiger partial charge < -0.3 is 15.3 Å². The van der Waals surface area contributed by atoms with Crippen molar-refractivity contribution < 1.29 is 14.8 Å². The molecule has 0 saturated heterocycles. The number of quaternary nitrogens is 1. The first kappa shape index (κ1) is 15.6. The van der Waals surface area contributed by atoms with E-state index in [2.05, 4.69) is 40.0 Å². The molecule has 0 aliphatic heterocycles. The Bertz CT molecular complexity index is 185. The molecule has 2 N–H and O–H groups in total. The first-order valence-electron chi connectivity index (χ1n) is 4.62. The van der Waals surface area contributed by atoms with Gasteiger partial charge in [-0.25, -0.2) is 0 Å². The van der Waals surface area contributed by atoms with Crippen LogP contribution in [0.25, 0.3) is 0 Å². The van der Waals surface area contributed by atoms with E-state index >= 15 is 0 Å². The van der Waals surface area contributed by atoms with Gasteiger partial charge in [-0.15, -0.1) is 0 Å². The highest BCUT2D eigenvalue weighted by Gasteiger charge is 2.16.